The molecule has 2 heterocycles. The quantitative estimate of drug-likeness (QED) is 0.859. The predicted molar refractivity (Wildman–Crippen MR) is 79.7 cm³/mol. The molecule has 1 saturated heterocycles. The van der Waals surface area contributed by atoms with E-state index in [1.165, 1.54) is 0 Å². The molecule has 2 aliphatic rings. The molecular formula is C15H24N4O2. The van der Waals surface area contributed by atoms with Crippen LogP contribution in [0.25, 0.3) is 0 Å². The van der Waals surface area contributed by atoms with E-state index in [0.717, 1.165) is 51.3 Å². The first kappa shape index (κ1) is 14.5. The summed E-state index contributed by atoms with van der Waals surface area (Å²) in [5.74, 6) is 1.63. The second kappa shape index (κ2) is 6.58. The fourth-order valence-electron chi connectivity index (χ4n) is 3.31. The third kappa shape index (κ3) is 3.63. The van der Waals surface area contributed by atoms with Gasteiger partial charge in [-0.05, 0) is 25.2 Å². The van der Waals surface area contributed by atoms with Crippen molar-refractivity contribution in [3.05, 3.63) is 12.3 Å². The molecule has 3 atom stereocenters. The van der Waals surface area contributed by atoms with Crippen molar-refractivity contribution < 1.29 is 9.53 Å². The lowest BCUT2D eigenvalue weighted by Crippen LogP contribution is -2.28. The molecule has 1 saturated carbocycles. The topological polar surface area (TPSA) is 82.2 Å². The standard InChI is InChI=1S/C15H24N4O2/c16-13-3-1-2-12(13)8-15(20)18-14-4-6-17-19(14)9-11-5-7-21-10-11/h4,6,11-13H,1-3,5,7-10,16H2,(H,18,20)/t11?,12-,13+/m0/s1. The van der Waals surface area contributed by atoms with Gasteiger partial charge in [-0.25, -0.2) is 4.68 Å². The molecular weight excluding hydrogens is 268 g/mol. The van der Waals surface area contributed by atoms with Gasteiger partial charge in [-0.3, -0.25) is 4.79 Å². The van der Waals surface area contributed by atoms with Crippen molar-refractivity contribution in [2.75, 3.05) is 18.5 Å². The molecule has 0 aromatic carbocycles. The highest BCUT2D eigenvalue weighted by Crippen LogP contribution is 2.27. The molecule has 1 unspecified atom stereocenters. The van der Waals surface area contributed by atoms with Gasteiger partial charge in [0.1, 0.15) is 5.82 Å². The van der Waals surface area contributed by atoms with Crippen molar-refractivity contribution in [1.82, 2.24) is 9.78 Å². The molecule has 6 nitrogen and oxygen atoms in total. The van der Waals surface area contributed by atoms with Crippen LogP contribution in [0.2, 0.25) is 0 Å². The highest BCUT2D eigenvalue weighted by atomic mass is 16.5. The number of nitrogens with two attached hydrogens (primary N) is 1. The van der Waals surface area contributed by atoms with E-state index in [4.69, 9.17) is 10.5 Å². The van der Waals surface area contributed by atoms with Gasteiger partial charge in [0.05, 0.1) is 12.8 Å². The molecule has 3 rings (SSSR count). The minimum atomic E-state index is 0.0433. The normalized spacial score (nSPS) is 28.9. The molecule has 1 aromatic heterocycles. The largest absolute Gasteiger partial charge is 0.381 e. The molecule has 0 radical (unpaired) electrons. The van der Waals surface area contributed by atoms with Crippen molar-refractivity contribution >= 4 is 11.7 Å². The third-order valence-electron chi connectivity index (χ3n) is 4.60. The van der Waals surface area contributed by atoms with Gasteiger partial charge in [0.15, 0.2) is 0 Å². The van der Waals surface area contributed by atoms with Crippen LogP contribution in [-0.4, -0.2) is 34.9 Å². The Hall–Kier alpha value is -1.40. The van der Waals surface area contributed by atoms with Crippen LogP contribution >= 0.6 is 0 Å². The maximum Gasteiger partial charge on any atom is 0.225 e. The SMILES string of the molecule is N[C@@H]1CCC[C@H]1CC(=O)Nc1ccnn1CC1CCOC1. The van der Waals surface area contributed by atoms with Crippen molar-refractivity contribution in [2.45, 2.75) is 44.7 Å². The van der Waals surface area contributed by atoms with Crippen LogP contribution in [0.5, 0.6) is 0 Å². The molecule has 3 N–H and O–H groups in total. The zero-order valence-corrected chi connectivity index (χ0v) is 12.3. The minimum Gasteiger partial charge on any atom is -0.381 e. The van der Waals surface area contributed by atoms with E-state index in [0.29, 0.717) is 18.3 Å². The van der Waals surface area contributed by atoms with Crippen molar-refractivity contribution in [1.29, 1.82) is 0 Å². The molecule has 1 amide bonds. The maximum atomic E-state index is 12.2. The average molecular weight is 292 g/mol. The molecule has 21 heavy (non-hydrogen) atoms. The average Bonchev–Trinajstić information content (AvgIpc) is 3.17. The summed E-state index contributed by atoms with van der Waals surface area (Å²) < 4.78 is 7.25. The first-order valence-corrected chi connectivity index (χ1v) is 7.87. The second-order valence-electron chi connectivity index (χ2n) is 6.24. The first-order chi connectivity index (χ1) is 10.2. The smallest absolute Gasteiger partial charge is 0.225 e. The number of amides is 1. The third-order valence-corrected chi connectivity index (χ3v) is 4.60. The summed E-state index contributed by atoms with van der Waals surface area (Å²) in [5, 5.41) is 7.28. The fraction of sp³-hybridized carbons (Fsp3) is 0.733. The summed E-state index contributed by atoms with van der Waals surface area (Å²) >= 11 is 0. The molecule has 0 spiro atoms. The zero-order chi connectivity index (χ0) is 14.7. The summed E-state index contributed by atoms with van der Waals surface area (Å²) in [7, 11) is 0. The number of carbonyl (C=O) groups excluding carboxylic acids is 1. The molecule has 6 heteroatoms. The number of ether oxygens (including phenoxy) is 1. The molecule has 0 bridgehead atoms. The van der Waals surface area contributed by atoms with Crippen molar-refractivity contribution in [3.63, 3.8) is 0 Å². The minimum absolute atomic E-state index is 0.0433. The molecule has 116 valence electrons. The Morgan fingerprint density at radius 3 is 3.10 bits per heavy atom. The number of hydrogen-bond donors (Lipinski definition) is 2. The Balaban J connectivity index is 1.54. The number of aromatic nitrogens is 2. The summed E-state index contributed by atoms with van der Waals surface area (Å²) in [6.07, 6.45) is 6.54. The Morgan fingerprint density at radius 2 is 2.38 bits per heavy atom. The molecule has 2 fully saturated rings. The van der Waals surface area contributed by atoms with Gasteiger partial charge in [0, 0.05) is 37.6 Å². The van der Waals surface area contributed by atoms with Crippen LogP contribution in [0.1, 0.15) is 32.1 Å². The van der Waals surface area contributed by atoms with Gasteiger partial charge in [-0.2, -0.15) is 5.10 Å². The lowest BCUT2D eigenvalue weighted by Gasteiger charge is -2.16. The van der Waals surface area contributed by atoms with Crippen LogP contribution < -0.4 is 11.1 Å². The number of carbonyl (C=O) groups is 1. The van der Waals surface area contributed by atoms with Gasteiger partial charge in [0.25, 0.3) is 0 Å². The Labute approximate surface area is 125 Å². The summed E-state index contributed by atoms with van der Waals surface area (Å²) in [6, 6.07) is 2.03. The van der Waals surface area contributed by atoms with Gasteiger partial charge in [-0.1, -0.05) is 6.42 Å². The van der Waals surface area contributed by atoms with Crippen LogP contribution in [-0.2, 0) is 16.1 Å². The maximum absolute atomic E-state index is 12.2. The van der Waals surface area contributed by atoms with E-state index < -0.39 is 0 Å². The lowest BCUT2D eigenvalue weighted by atomic mass is 10.00. The van der Waals surface area contributed by atoms with Crippen molar-refractivity contribution in [2.24, 2.45) is 17.6 Å². The van der Waals surface area contributed by atoms with Crippen LogP contribution in [0.15, 0.2) is 12.3 Å². The van der Waals surface area contributed by atoms with Crippen LogP contribution in [0, 0.1) is 11.8 Å². The zero-order valence-electron chi connectivity index (χ0n) is 12.3. The van der Waals surface area contributed by atoms with Gasteiger partial charge < -0.3 is 15.8 Å². The Kier molecular flexibility index (Phi) is 4.55. The van der Waals surface area contributed by atoms with Gasteiger partial charge >= 0.3 is 0 Å². The number of rotatable bonds is 5. The second-order valence-corrected chi connectivity index (χ2v) is 6.24. The van der Waals surface area contributed by atoms with E-state index in [1.807, 2.05) is 10.7 Å². The highest BCUT2D eigenvalue weighted by molar-refractivity contribution is 5.90. The van der Waals surface area contributed by atoms with E-state index in [-0.39, 0.29) is 11.9 Å². The number of anilines is 1. The first-order valence-electron chi connectivity index (χ1n) is 7.87. The Morgan fingerprint density at radius 1 is 1.48 bits per heavy atom. The summed E-state index contributed by atoms with van der Waals surface area (Å²) in [6.45, 7) is 2.41. The fourth-order valence-corrected chi connectivity index (χ4v) is 3.31. The van der Waals surface area contributed by atoms with E-state index >= 15 is 0 Å². The van der Waals surface area contributed by atoms with Crippen LogP contribution in [0.4, 0.5) is 5.82 Å². The van der Waals surface area contributed by atoms with Gasteiger partial charge in [-0.15, -0.1) is 0 Å². The van der Waals surface area contributed by atoms with E-state index in [9.17, 15) is 4.79 Å². The van der Waals surface area contributed by atoms with E-state index in [2.05, 4.69) is 10.4 Å². The lowest BCUT2D eigenvalue weighted by molar-refractivity contribution is -0.117. The predicted octanol–water partition coefficient (Wildman–Crippen LogP) is 1.38. The Bertz CT molecular complexity index is 482. The molecule has 1 aliphatic carbocycles. The van der Waals surface area contributed by atoms with E-state index in [1.54, 1.807) is 6.20 Å². The highest BCUT2D eigenvalue weighted by Gasteiger charge is 2.26. The van der Waals surface area contributed by atoms with Crippen molar-refractivity contribution in [3.8, 4) is 0 Å². The molecule has 1 aromatic rings. The summed E-state index contributed by atoms with van der Waals surface area (Å²) in [5.41, 5.74) is 6.03. The number of hydrogen-bond acceptors (Lipinski definition) is 4. The number of nitrogens with one attached hydrogen (secondary N) is 1. The summed E-state index contributed by atoms with van der Waals surface area (Å²) in [4.78, 5) is 12.2. The van der Waals surface area contributed by atoms with Gasteiger partial charge in [0.2, 0.25) is 5.91 Å². The monoisotopic (exact) mass is 292 g/mol. The number of nitrogens with zero attached hydrogens (tertiary/aromatic N) is 2. The van der Waals surface area contributed by atoms with Crippen LogP contribution in [0.3, 0.4) is 0 Å². The molecule has 1 aliphatic heterocycles.